The Balaban J connectivity index is 3.31. The molecular weight excluding hydrogens is 187 g/mol. The van der Waals surface area contributed by atoms with Crippen LogP contribution in [0.2, 0.25) is 0 Å². The van der Waals surface area contributed by atoms with Gasteiger partial charge >= 0.3 is 12.3 Å². The van der Waals surface area contributed by atoms with E-state index in [0.29, 0.717) is 6.54 Å². The van der Waals surface area contributed by atoms with E-state index in [9.17, 15) is 18.0 Å². The van der Waals surface area contributed by atoms with E-state index < -0.39 is 18.7 Å². The van der Waals surface area contributed by atoms with Crippen molar-refractivity contribution in [1.29, 1.82) is 0 Å². The lowest BCUT2D eigenvalue weighted by molar-refractivity contribution is -0.137. The summed E-state index contributed by atoms with van der Waals surface area (Å²) < 4.78 is 39.1. The Morgan fingerprint density at radius 2 is 2.08 bits per heavy atom. The Bertz CT molecular complexity index is 158. The highest BCUT2D eigenvalue weighted by Gasteiger charge is 2.26. The highest BCUT2D eigenvalue weighted by molar-refractivity contribution is 5.66. The minimum atomic E-state index is -4.18. The van der Waals surface area contributed by atoms with Gasteiger partial charge in [-0.1, -0.05) is 0 Å². The number of rotatable bonds is 4. The highest BCUT2D eigenvalue weighted by atomic mass is 19.4. The van der Waals surface area contributed by atoms with Crippen molar-refractivity contribution < 1.29 is 22.7 Å². The highest BCUT2D eigenvalue weighted by Crippen LogP contribution is 2.20. The summed E-state index contributed by atoms with van der Waals surface area (Å²) in [5.74, 6) is 0. The number of alkyl halides is 3. The molecule has 0 spiro atoms. The third-order valence-corrected chi connectivity index (χ3v) is 1.16. The van der Waals surface area contributed by atoms with Gasteiger partial charge in [0, 0.05) is 13.0 Å². The molecular formula is C7H12F3NO2. The van der Waals surface area contributed by atoms with Crippen LogP contribution in [0.1, 0.15) is 19.8 Å². The first kappa shape index (κ1) is 12.1. The van der Waals surface area contributed by atoms with E-state index in [1.54, 1.807) is 6.92 Å². The number of carbonyl (C=O) groups is 1. The van der Waals surface area contributed by atoms with Crippen LogP contribution in [0.15, 0.2) is 0 Å². The molecule has 0 atom stereocenters. The fourth-order valence-corrected chi connectivity index (χ4v) is 0.633. The molecule has 0 rings (SSSR count). The summed E-state index contributed by atoms with van der Waals surface area (Å²) in [7, 11) is 0. The van der Waals surface area contributed by atoms with Gasteiger partial charge in [-0.05, 0) is 13.3 Å². The average molecular weight is 199 g/mol. The quantitative estimate of drug-likeness (QED) is 0.704. The average Bonchev–Trinajstić information content (AvgIpc) is 1.97. The zero-order valence-electron chi connectivity index (χ0n) is 7.28. The van der Waals surface area contributed by atoms with Gasteiger partial charge in [0.2, 0.25) is 0 Å². The Kier molecular flexibility index (Phi) is 5.25. The molecule has 0 aliphatic heterocycles. The predicted molar refractivity (Wildman–Crippen MR) is 40.3 cm³/mol. The number of hydrogen-bond donors (Lipinski definition) is 1. The maximum absolute atomic E-state index is 11.6. The van der Waals surface area contributed by atoms with E-state index in [2.05, 4.69) is 10.1 Å². The molecule has 78 valence electrons. The summed E-state index contributed by atoms with van der Waals surface area (Å²) in [6.45, 7) is 1.89. The summed E-state index contributed by atoms with van der Waals surface area (Å²) in [6, 6.07) is 0. The van der Waals surface area contributed by atoms with Crippen molar-refractivity contribution in [1.82, 2.24) is 5.32 Å². The normalized spacial score (nSPS) is 11.1. The van der Waals surface area contributed by atoms with Crippen molar-refractivity contribution in [3.63, 3.8) is 0 Å². The molecule has 0 bridgehead atoms. The Labute approximate surface area is 74.3 Å². The van der Waals surface area contributed by atoms with E-state index >= 15 is 0 Å². The summed E-state index contributed by atoms with van der Waals surface area (Å²) in [5, 5.41) is 2.30. The SMILES string of the molecule is CCNC(=O)OCCCC(F)(F)F. The van der Waals surface area contributed by atoms with E-state index in [4.69, 9.17) is 0 Å². The third-order valence-electron chi connectivity index (χ3n) is 1.16. The van der Waals surface area contributed by atoms with Crippen LogP contribution in [0.25, 0.3) is 0 Å². The van der Waals surface area contributed by atoms with E-state index in [-0.39, 0.29) is 13.0 Å². The molecule has 0 saturated heterocycles. The molecule has 6 heteroatoms. The second-order valence-electron chi connectivity index (χ2n) is 2.38. The Morgan fingerprint density at radius 1 is 1.46 bits per heavy atom. The van der Waals surface area contributed by atoms with Crippen LogP contribution >= 0.6 is 0 Å². The molecule has 0 aromatic carbocycles. The van der Waals surface area contributed by atoms with Crippen molar-refractivity contribution in [3.8, 4) is 0 Å². The molecule has 0 heterocycles. The van der Waals surface area contributed by atoms with Crippen LogP contribution in [0, 0.1) is 0 Å². The molecule has 3 nitrogen and oxygen atoms in total. The first-order chi connectivity index (χ1) is 5.95. The van der Waals surface area contributed by atoms with Gasteiger partial charge < -0.3 is 10.1 Å². The van der Waals surface area contributed by atoms with Crippen molar-refractivity contribution in [2.45, 2.75) is 25.9 Å². The van der Waals surface area contributed by atoms with Crippen molar-refractivity contribution in [2.75, 3.05) is 13.2 Å². The number of halogens is 3. The molecule has 1 amide bonds. The molecule has 0 saturated carbocycles. The van der Waals surface area contributed by atoms with Crippen molar-refractivity contribution in [2.24, 2.45) is 0 Å². The monoisotopic (exact) mass is 199 g/mol. The predicted octanol–water partition coefficient (Wildman–Crippen LogP) is 2.08. The van der Waals surface area contributed by atoms with Crippen LogP contribution in [0.4, 0.5) is 18.0 Å². The molecule has 1 N–H and O–H groups in total. The smallest absolute Gasteiger partial charge is 0.407 e. The molecule has 0 fully saturated rings. The zero-order valence-corrected chi connectivity index (χ0v) is 7.28. The zero-order chi connectivity index (χ0) is 10.3. The summed E-state index contributed by atoms with van der Waals surface area (Å²) in [6.07, 6.45) is -5.97. The fraction of sp³-hybridized carbons (Fsp3) is 0.857. The number of ether oxygens (including phenoxy) is 1. The van der Waals surface area contributed by atoms with E-state index in [0.717, 1.165) is 0 Å². The fourth-order valence-electron chi connectivity index (χ4n) is 0.633. The second kappa shape index (κ2) is 5.66. The minimum absolute atomic E-state index is 0.194. The van der Waals surface area contributed by atoms with Crippen LogP contribution < -0.4 is 5.32 Å². The van der Waals surface area contributed by atoms with Gasteiger partial charge in [0.25, 0.3) is 0 Å². The number of carbonyl (C=O) groups excluding carboxylic acids is 1. The standard InChI is InChI=1S/C7H12F3NO2/c1-2-11-6(12)13-5-3-4-7(8,9)10/h2-5H2,1H3,(H,11,12). The molecule has 13 heavy (non-hydrogen) atoms. The molecule has 0 aromatic rings. The van der Waals surface area contributed by atoms with Gasteiger partial charge in [-0.2, -0.15) is 13.2 Å². The molecule has 0 aliphatic carbocycles. The molecule has 0 aromatic heterocycles. The van der Waals surface area contributed by atoms with Gasteiger partial charge in [0.1, 0.15) is 0 Å². The van der Waals surface area contributed by atoms with Gasteiger partial charge in [-0.15, -0.1) is 0 Å². The van der Waals surface area contributed by atoms with E-state index in [1.165, 1.54) is 0 Å². The van der Waals surface area contributed by atoms with Gasteiger partial charge in [0.05, 0.1) is 6.61 Å². The number of alkyl carbamates (subject to hydrolysis) is 1. The van der Waals surface area contributed by atoms with Crippen molar-refractivity contribution in [3.05, 3.63) is 0 Å². The van der Waals surface area contributed by atoms with Gasteiger partial charge in [-0.3, -0.25) is 0 Å². The van der Waals surface area contributed by atoms with Crippen LogP contribution in [0.3, 0.4) is 0 Å². The third kappa shape index (κ3) is 8.97. The van der Waals surface area contributed by atoms with Gasteiger partial charge in [-0.25, -0.2) is 4.79 Å². The van der Waals surface area contributed by atoms with E-state index in [1.807, 2.05) is 0 Å². The topological polar surface area (TPSA) is 38.3 Å². The van der Waals surface area contributed by atoms with Crippen LogP contribution in [-0.2, 0) is 4.74 Å². The lowest BCUT2D eigenvalue weighted by Crippen LogP contribution is -2.24. The lowest BCUT2D eigenvalue weighted by atomic mass is 10.3. The lowest BCUT2D eigenvalue weighted by Gasteiger charge is -2.06. The first-order valence-corrected chi connectivity index (χ1v) is 3.93. The maximum Gasteiger partial charge on any atom is 0.407 e. The van der Waals surface area contributed by atoms with Gasteiger partial charge in [0.15, 0.2) is 0 Å². The summed E-state index contributed by atoms with van der Waals surface area (Å²) in [4.78, 5) is 10.6. The summed E-state index contributed by atoms with van der Waals surface area (Å²) in [5.41, 5.74) is 0. The van der Waals surface area contributed by atoms with Crippen molar-refractivity contribution >= 4 is 6.09 Å². The largest absolute Gasteiger partial charge is 0.450 e. The van der Waals surface area contributed by atoms with Crippen LogP contribution in [0.5, 0.6) is 0 Å². The maximum atomic E-state index is 11.6. The Morgan fingerprint density at radius 3 is 2.54 bits per heavy atom. The Hall–Kier alpha value is -0.940. The molecule has 0 radical (unpaired) electrons. The number of amides is 1. The molecule has 0 aliphatic rings. The second-order valence-corrected chi connectivity index (χ2v) is 2.38. The summed E-state index contributed by atoms with van der Waals surface area (Å²) >= 11 is 0. The first-order valence-electron chi connectivity index (χ1n) is 3.93. The van der Waals surface area contributed by atoms with Crippen LogP contribution in [-0.4, -0.2) is 25.4 Å². The minimum Gasteiger partial charge on any atom is -0.450 e. The molecule has 0 unspecified atom stereocenters. The number of hydrogen-bond acceptors (Lipinski definition) is 2. The number of nitrogens with one attached hydrogen (secondary N) is 1.